The lowest BCUT2D eigenvalue weighted by atomic mass is 10.1. The highest BCUT2D eigenvalue weighted by Crippen LogP contribution is 2.16. The molecule has 2 rings (SSSR count). The Hall–Kier alpha value is -1.98. The van der Waals surface area contributed by atoms with E-state index in [9.17, 15) is 9.59 Å². The number of thioether (sulfide) groups is 1. The summed E-state index contributed by atoms with van der Waals surface area (Å²) < 4.78 is 5.09. The fourth-order valence-electron chi connectivity index (χ4n) is 2.01. The molecule has 0 aliphatic carbocycles. The standard InChI is InChI=1S/C19H20ClNO3S/c1-2-11-24-19(23)15-5-3-14(4-6-15)12-25-13-18(22)21-17-9-7-16(20)8-10-17/h3-10H,2,11-13H2,1H3,(H,21,22). The Morgan fingerprint density at radius 2 is 1.76 bits per heavy atom. The smallest absolute Gasteiger partial charge is 0.338 e. The van der Waals surface area contributed by atoms with Crippen molar-refractivity contribution in [2.75, 3.05) is 17.7 Å². The van der Waals surface area contributed by atoms with Gasteiger partial charge in [-0.15, -0.1) is 11.8 Å². The summed E-state index contributed by atoms with van der Waals surface area (Å²) in [6, 6.07) is 14.3. The zero-order chi connectivity index (χ0) is 18.1. The molecule has 0 unspecified atom stereocenters. The van der Waals surface area contributed by atoms with Gasteiger partial charge in [-0.25, -0.2) is 4.79 Å². The number of ether oxygens (including phenoxy) is 1. The molecule has 132 valence electrons. The minimum atomic E-state index is -0.302. The number of nitrogens with one attached hydrogen (secondary N) is 1. The second-order valence-corrected chi connectivity index (χ2v) is 6.80. The van der Waals surface area contributed by atoms with Crippen LogP contribution in [0.2, 0.25) is 5.02 Å². The third-order valence-corrected chi connectivity index (χ3v) is 4.51. The molecule has 0 saturated carbocycles. The number of hydrogen-bond donors (Lipinski definition) is 1. The van der Waals surface area contributed by atoms with Gasteiger partial charge in [0.05, 0.1) is 17.9 Å². The van der Waals surface area contributed by atoms with Crippen LogP contribution in [0.5, 0.6) is 0 Å². The van der Waals surface area contributed by atoms with E-state index >= 15 is 0 Å². The Morgan fingerprint density at radius 1 is 1.08 bits per heavy atom. The van der Waals surface area contributed by atoms with Crippen LogP contribution in [0.25, 0.3) is 0 Å². The van der Waals surface area contributed by atoms with Crippen LogP contribution in [-0.4, -0.2) is 24.2 Å². The molecular formula is C19H20ClNO3S. The molecule has 0 aliphatic heterocycles. The number of carbonyl (C=O) groups is 2. The summed E-state index contributed by atoms with van der Waals surface area (Å²) in [6.45, 7) is 2.38. The first kappa shape index (κ1) is 19.3. The molecule has 0 saturated heterocycles. The summed E-state index contributed by atoms with van der Waals surface area (Å²) in [4.78, 5) is 23.6. The van der Waals surface area contributed by atoms with Crippen molar-refractivity contribution in [1.29, 1.82) is 0 Å². The molecule has 0 fully saturated rings. The van der Waals surface area contributed by atoms with E-state index < -0.39 is 0 Å². The number of rotatable bonds is 8. The second kappa shape index (κ2) is 10.1. The fourth-order valence-corrected chi connectivity index (χ4v) is 2.92. The van der Waals surface area contributed by atoms with Gasteiger partial charge in [-0.2, -0.15) is 0 Å². The molecule has 0 atom stereocenters. The van der Waals surface area contributed by atoms with Gasteiger partial charge in [-0.3, -0.25) is 4.79 Å². The molecule has 4 nitrogen and oxygen atoms in total. The Kier molecular flexibility index (Phi) is 7.82. The largest absolute Gasteiger partial charge is 0.462 e. The predicted molar refractivity (Wildman–Crippen MR) is 103 cm³/mol. The molecule has 1 N–H and O–H groups in total. The number of halogens is 1. The van der Waals surface area contributed by atoms with Crippen molar-refractivity contribution in [1.82, 2.24) is 0 Å². The van der Waals surface area contributed by atoms with Gasteiger partial charge in [0, 0.05) is 16.5 Å². The van der Waals surface area contributed by atoms with Gasteiger partial charge >= 0.3 is 5.97 Å². The zero-order valence-electron chi connectivity index (χ0n) is 14.0. The molecule has 25 heavy (non-hydrogen) atoms. The second-order valence-electron chi connectivity index (χ2n) is 5.38. The average Bonchev–Trinajstić information content (AvgIpc) is 2.62. The Labute approximate surface area is 156 Å². The van der Waals surface area contributed by atoms with E-state index in [1.807, 2.05) is 19.1 Å². The van der Waals surface area contributed by atoms with Crippen molar-refractivity contribution < 1.29 is 14.3 Å². The lowest BCUT2D eigenvalue weighted by Crippen LogP contribution is -2.14. The fraction of sp³-hybridized carbons (Fsp3) is 0.263. The van der Waals surface area contributed by atoms with Crippen LogP contribution in [0.4, 0.5) is 5.69 Å². The van der Waals surface area contributed by atoms with Gasteiger partial charge in [0.15, 0.2) is 0 Å². The summed E-state index contributed by atoms with van der Waals surface area (Å²) in [5.74, 6) is 0.678. The third kappa shape index (κ3) is 6.80. The quantitative estimate of drug-likeness (QED) is 0.672. The van der Waals surface area contributed by atoms with Crippen LogP contribution in [0.15, 0.2) is 48.5 Å². The number of amides is 1. The molecule has 0 spiro atoms. The monoisotopic (exact) mass is 377 g/mol. The Morgan fingerprint density at radius 3 is 2.40 bits per heavy atom. The van der Waals surface area contributed by atoms with Crippen LogP contribution in [0.3, 0.4) is 0 Å². The summed E-state index contributed by atoms with van der Waals surface area (Å²) in [7, 11) is 0. The first-order valence-electron chi connectivity index (χ1n) is 7.97. The van der Waals surface area contributed by atoms with Crippen molar-refractivity contribution in [3.8, 4) is 0 Å². The lowest BCUT2D eigenvalue weighted by Gasteiger charge is -2.06. The number of esters is 1. The molecule has 2 aromatic carbocycles. The molecule has 0 aliphatic rings. The number of hydrogen-bond acceptors (Lipinski definition) is 4. The molecule has 0 heterocycles. The minimum Gasteiger partial charge on any atom is -0.462 e. The maximum absolute atomic E-state index is 11.9. The van der Waals surface area contributed by atoms with Gasteiger partial charge < -0.3 is 10.1 Å². The molecule has 1 amide bonds. The Balaban J connectivity index is 1.74. The highest BCUT2D eigenvalue weighted by atomic mass is 35.5. The van der Waals surface area contributed by atoms with Gasteiger partial charge in [0.1, 0.15) is 0 Å². The SMILES string of the molecule is CCCOC(=O)c1ccc(CSCC(=O)Nc2ccc(Cl)cc2)cc1. The highest BCUT2D eigenvalue weighted by Gasteiger charge is 2.07. The van der Waals surface area contributed by atoms with Crippen molar-refractivity contribution in [3.63, 3.8) is 0 Å². The van der Waals surface area contributed by atoms with Crippen molar-refractivity contribution in [2.24, 2.45) is 0 Å². The van der Waals surface area contributed by atoms with E-state index in [-0.39, 0.29) is 11.9 Å². The van der Waals surface area contributed by atoms with Crippen LogP contribution in [-0.2, 0) is 15.3 Å². The summed E-state index contributed by atoms with van der Waals surface area (Å²) in [5.41, 5.74) is 2.32. The van der Waals surface area contributed by atoms with Crippen molar-refractivity contribution >= 4 is 40.9 Å². The number of anilines is 1. The van der Waals surface area contributed by atoms with Crippen molar-refractivity contribution in [3.05, 3.63) is 64.7 Å². The minimum absolute atomic E-state index is 0.0629. The zero-order valence-corrected chi connectivity index (χ0v) is 15.5. The van der Waals surface area contributed by atoms with E-state index in [0.717, 1.165) is 17.7 Å². The van der Waals surface area contributed by atoms with Gasteiger partial charge in [-0.05, 0) is 48.4 Å². The predicted octanol–water partition coefficient (Wildman–Crippen LogP) is 4.78. The molecule has 0 bridgehead atoms. The molecular weight excluding hydrogens is 358 g/mol. The van der Waals surface area contributed by atoms with Crippen LogP contribution < -0.4 is 5.32 Å². The lowest BCUT2D eigenvalue weighted by molar-refractivity contribution is -0.113. The summed E-state index contributed by atoms with van der Waals surface area (Å²) in [6.07, 6.45) is 0.804. The van der Waals surface area contributed by atoms with Gasteiger partial charge in [0.25, 0.3) is 0 Å². The maximum atomic E-state index is 11.9. The normalized spacial score (nSPS) is 10.3. The van der Waals surface area contributed by atoms with E-state index in [2.05, 4.69) is 5.32 Å². The van der Waals surface area contributed by atoms with E-state index in [0.29, 0.717) is 28.7 Å². The van der Waals surface area contributed by atoms with Crippen LogP contribution in [0.1, 0.15) is 29.3 Å². The van der Waals surface area contributed by atoms with Crippen LogP contribution in [0, 0.1) is 0 Å². The van der Waals surface area contributed by atoms with E-state index in [1.165, 1.54) is 11.8 Å². The molecule has 0 radical (unpaired) electrons. The molecule has 0 aromatic heterocycles. The first-order valence-corrected chi connectivity index (χ1v) is 9.51. The van der Waals surface area contributed by atoms with Gasteiger partial charge in [-0.1, -0.05) is 30.7 Å². The molecule has 6 heteroatoms. The topological polar surface area (TPSA) is 55.4 Å². The number of benzene rings is 2. The van der Waals surface area contributed by atoms with Gasteiger partial charge in [0.2, 0.25) is 5.91 Å². The molecule has 2 aromatic rings. The number of carbonyl (C=O) groups excluding carboxylic acids is 2. The summed E-state index contributed by atoms with van der Waals surface area (Å²) >= 11 is 7.32. The van der Waals surface area contributed by atoms with Crippen molar-refractivity contribution in [2.45, 2.75) is 19.1 Å². The highest BCUT2D eigenvalue weighted by molar-refractivity contribution is 7.99. The van der Waals surface area contributed by atoms with E-state index in [1.54, 1.807) is 36.4 Å². The average molecular weight is 378 g/mol. The third-order valence-electron chi connectivity index (χ3n) is 3.26. The first-order chi connectivity index (χ1) is 12.1. The summed E-state index contributed by atoms with van der Waals surface area (Å²) in [5, 5.41) is 3.45. The Bertz CT molecular complexity index is 702. The maximum Gasteiger partial charge on any atom is 0.338 e. The van der Waals surface area contributed by atoms with Crippen LogP contribution >= 0.6 is 23.4 Å². The van der Waals surface area contributed by atoms with E-state index in [4.69, 9.17) is 16.3 Å².